The first-order valence-electron chi connectivity index (χ1n) is 5.35. The van der Waals surface area contributed by atoms with Crippen molar-refractivity contribution in [1.82, 2.24) is 4.90 Å². The van der Waals surface area contributed by atoms with E-state index >= 15 is 0 Å². The first-order chi connectivity index (χ1) is 7.27. The Kier molecular flexibility index (Phi) is 3.20. The molecular weight excluding hydrogens is 196 g/mol. The topological polar surface area (TPSA) is 51.1 Å². The Morgan fingerprint density at radius 2 is 2.07 bits per heavy atom. The normalized spacial score (nSPS) is 22.7. The summed E-state index contributed by atoms with van der Waals surface area (Å²) in [6, 6.07) is 0. The van der Waals surface area contributed by atoms with Crippen LogP contribution in [0.25, 0.3) is 0 Å². The number of carbonyl (C=O) groups is 1. The molecule has 2 fully saturated rings. The second kappa shape index (κ2) is 4.61. The first kappa shape index (κ1) is 10.4. The second-order valence-electron chi connectivity index (χ2n) is 3.89. The summed E-state index contributed by atoms with van der Waals surface area (Å²) in [7, 11) is 0. The number of carbonyl (C=O) groups excluding carboxylic acids is 1. The molecule has 0 aromatic carbocycles. The van der Waals surface area contributed by atoms with Crippen LogP contribution in [0.2, 0.25) is 0 Å². The minimum atomic E-state index is -0.0426. The zero-order chi connectivity index (χ0) is 10.7. The summed E-state index contributed by atoms with van der Waals surface area (Å²) in [5.74, 6) is -0.0426. The summed E-state index contributed by atoms with van der Waals surface area (Å²) in [5, 5.41) is 3.85. The van der Waals surface area contributed by atoms with E-state index in [-0.39, 0.29) is 12.0 Å². The Labute approximate surface area is 89.0 Å². The van der Waals surface area contributed by atoms with E-state index in [4.69, 9.17) is 9.57 Å². The van der Waals surface area contributed by atoms with Crippen LogP contribution in [0.1, 0.15) is 19.8 Å². The summed E-state index contributed by atoms with van der Waals surface area (Å²) in [6.45, 7) is 4.22. The lowest BCUT2D eigenvalue weighted by atomic mass is 10.3. The van der Waals surface area contributed by atoms with E-state index < -0.39 is 0 Å². The molecule has 2 aliphatic rings. The molecule has 0 radical (unpaired) electrons. The molecule has 5 heteroatoms. The van der Waals surface area contributed by atoms with Gasteiger partial charge in [0.25, 0.3) is 5.91 Å². The molecule has 84 valence electrons. The lowest BCUT2D eigenvalue weighted by Gasteiger charge is -2.26. The molecule has 0 atom stereocenters. The quantitative estimate of drug-likeness (QED) is 0.502. The van der Waals surface area contributed by atoms with E-state index in [0.29, 0.717) is 32.0 Å². The highest BCUT2D eigenvalue weighted by Crippen LogP contribution is 2.23. The molecule has 1 saturated heterocycles. The van der Waals surface area contributed by atoms with Gasteiger partial charge in [0.1, 0.15) is 11.8 Å². The van der Waals surface area contributed by atoms with Gasteiger partial charge in [-0.15, -0.1) is 0 Å². The fourth-order valence-electron chi connectivity index (χ4n) is 1.36. The predicted octanol–water partition coefficient (Wildman–Crippen LogP) is 0.400. The Balaban J connectivity index is 1.84. The number of amides is 1. The highest BCUT2D eigenvalue weighted by atomic mass is 16.6. The third kappa shape index (κ3) is 2.92. The van der Waals surface area contributed by atoms with Crippen LogP contribution in [0.3, 0.4) is 0 Å². The molecule has 0 bridgehead atoms. The van der Waals surface area contributed by atoms with E-state index in [2.05, 4.69) is 5.16 Å². The standard InChI is InChI=1S/C10H16N2O3/c1-8(11-15-9-2-3-9)10(13)12-4-6-14-7-5-12/h9H,2-7H2,1H3. The molecule has 1 aliphatic carbocycles. The van der Waals surface area contributed by atoms with E-state index in [0.717, 1.165) is 12.8 Å². The van der Waals surface area contributed by atoms with Crippen LogP contribution in [0.15, 0.2) is 5.16 Å². The number of hydrogen-bond acceptors (Lipinski definition) is 4. The summed E-state index contributed by atoms with van der Waals surface area (Å²) in [6.07, 6.45) is 2.36. The number of hydrogen-bond donors (Lipinski definition) is 0. The molecule has 1 amide bonds. The van der Waals surface area contributed by atoms with E-state index in [1.807, 2.05) is 0 Å². The van der Waals surface area contributed by atoms with Crippen molar-refractivity contribution in [3.8, 4) is 0 Å². The monoisotopic (exact) mass is 212 g/mol. The molecule has 1 saturated carbocycles. The van der Waals surface area contributed by atoms with Gasteiger partial charge in [-0.05, 0) is 19.8 Å². The van der Waals surface area contributed by atoms with Crippen molar-refractivity contribution in [3.63, 3.8) is 0 Å². The highest BCUT2D eigenvalue weighted by molar-refractivity contribution is 6.37. The Hall–Kier alpha value is -1.10. The van der Waals surface area contributed by atoms with Gasteiger partial charge in [-0.3, -0.25) is 4.79 Å². The van der Waals surface area contributed by atoms with Gasteiger partial charge in [0.2, 0.25) is 0 Å². The number of nitrogens with zero attached hydrogens (tertiary/aromatic N) is 2. The summed E-state index contributed by atoms with van der Waals surface area (Å²) in [5.41, 5.74) is 0.434. The Bertz CT molecular complexity index is 268. The zero-order valence-electron chi connectivity index (χ0n) is 8.94. The molecule has 1 heterocycles. The van der Waals surface area contributed by atoms with Crippen molar-refractivity contribution >= 4 is 11.6 Å². The molecule has 1 aliphatic heterocycles. The maximum atomic E-state index is 11.8. The molecule has 0 aromatic heterocycles. The van der Waals surface area contributed by atoms with Gasteiger partial charge in [0.05, 0.1) is 13.2 Å². The van der Waals surface area contributed by atoms with Gasteiger partial charge < -0.3 is 14.5 Å². The van der Waals surface area contributed by atoms with Crippen LogP contribution in [0.4, 0.5) is 0 Å². The smallest absolute Gasteiger partial charge is 0.271 e. The van der Waals surface area contributed by atoms with Crippen LogP contribution < -0.4 is 0 Å². The van der Waals surface area contributed by atoms with Crippen molar-refractivity contribution < 1.29 is 14.4 Å². The van der Waals surface area contributed by atoms with Crippen LogP contribution in [0, 0.1) is 0 Å². The van der Waals surface area contributed by atoms with Gasteiger partial charge in [-0.1, -0.05) is 5.16 Å². The molecule has 15 heavy (non-hydrogen) atoms. The average molecular weight is 212 g/mol. The number of oxime groups is 1. The fourth-order valence-corrected chi connectivity index (χ4v) is 1.36. The fraction of sp³-hybridized carbons (Fsp3) is 0.800. The van der Waals surface area contributed by atoms with Crippen molar-refractivity contribution in [3.05, 3.63) is 0 Å². The van der Waals surface area contributed by atoms with Crippen LogP contribution in [0.5, 0.6) is 0 Å². The third-order valence-electron chi connectivity index (χ3n) is 2.47. The zero-order valence-corrected chi connectivity index (χ0v) is 8.94. The SMILES string of the molecule is CC(=NOC1CC1)C(=O)N1CCOCC1. The molecule has 2 rings (SSSR count). The lowest BCUT2D eigenvalue weighted by Crippen LogP contribution is -2.43. The molecular formula is C10H16N2O3. The van der Waals surface area contributed by atoms with Gasteiger partial charge in [0.15, 0.2) is 0 Å². The van der Waals surface area contributed by atoms with Gasteiger partial charge in [-0.25, -0.2) is 0 Å². The molecule has 0 spiro atoms. The molecule has 5 nitrogen and oxygen atoms in total. The molecule has 0 unspecified atom stereocenters. The summed E-state index contributed by atoms with van der Waals surface area (Å²) < 4.78 is 5.17. The highest BCUT2D eigenvalue weighted by Gasteiger charge is 2.25. The second-order valence-corrected chi connectivity index (χ2v) is 3.89. The van der Waals surface area contributed by atoms with E-state index in [1.54, 1.807) is 11.8 Å². The Morgan fingerprint density at radius 3 is 2.67 bits per heavy atom. The minimum Gasteiger partial charge on any atom is -0.392 e. The summed E-state index contributed by atoms with van der Waals surface area (Å²) in [4.78, 5) is 18.7. The van der Waals surface area contributed by atoms with E-state index in [1.165, 1.54) is 0 Å². The van der Waals surface area contributed by atoms with Crippen molar-refractivity contribution in [1.29, 1.82) is 0 Å². The maximum absolute atomic E-state index is 11.8. The van der Waals surface area contributed by atoms with Gasteiger partial charge in [0, 0.05) is 13.1 Å². The molecule has 0 aromatic rings. The van der Waals surface area contributed by atoms with Crippen molar-refractivity contribution in [2.24, 2.45) is 5.16 Å². The Morgan fingerprint density at radius 1 is 1.40 bits per heavy atom. The summed E-state index contributed by atoms with van der Waals surface area (Å²) >= 11 is 0. The van der Waals surface area contributed by atoms with Crippen LogP contribution in [-0.4, -0.2) is 48.9 Å². The van der Waals surface area contributed by atoms with Gasteiger partial charge in [-0.2, -0.15) is 0 Å². The largest absolute Gasteiger partial charge is 0.392 e. The van der Waals surface area contributed by atoms with Crippen LogP contribution in [-0.2, 0) is 14.4 Å². The van der Waals surface area contributed by atoms with Crippen molar-refractivity contribution in [2.75, 3.05) is 26.3 Å². The average Bonchev–Trinajstić information content (AvgIpc) is 3.10. The van der Waals surface area contributed by atoms with Gasteiger partial charge >= 0.3 is 0 Å². The number of rotatable bonds is 3. The maximum Gasteiger partial charge on any atom is 0.271 e. The lowest BCUT2D eigenvalue weighted by molar-refractivity contribution is -0.128. The first-order valence-corrected chi connectivity index (χ1v) is 5.35. The number of morpholine rings is 1. The van der Waals surface area contributed by atoms with E-state index in [9.17, 15) is 4.79 Å². The predicted molar refractivity (Wildman–Crippen MR) is 54.6 cm³/mol. The van der Waals surface area contributed by atoms with Crippen molar-refractivity contribution in [2.45, 2.75) is 25.9 Å². The minimum absolute atomic E-state index is 0.0426. The number of ether oxygens (including phenoxy) is 1. The van der Waals surface area contributed by atoms with Crippen LogP contribution >= 0.6 is 0 Å². The third-order valence-corrected chi connectivity index (χ3v) is 2.47. The molecule has 0 N–H and O–H groups in total.